The lowest BCUT2D eigenvalue weighted by Crippen LogP contribution is -2.38. The molecular weight excluding hydrogens is 289 g/mol. The molecule has 1 aliphatic heterocycles. The SMILES string of the molecule is O=C(O)[C@@H]1CCCN1CCOc1cc(Cl)cc(Cl)c1. The molecule has 1 aromatic rings. The van der Waals surface area contributed by atoms with Gasteiger partial charge in [0.2, 0.25) is 0 Å². The zero-order chi connectivity index (χ0) is 13.8. The van der Waals surface area contributed by atoms with Crippen LogP contribution in [-0.4, -0.2) is 41.7 Å². The second kappa shape index (κ2) is 6.46. The molecule has 19 heavy (non-hydrogen) atoms. The minimum atomic E-state index is -0.761. The van der Waals surface area contributed by atoms with E-state index in [1.165, 1.54) is 0 Å². The number of nitrogens with zero attached hydrogens (tertiary/aromatic N) is 1. The quantitative estimate of drug-likeness (QED) is 0.908. The van der Waals surface area contributed by atoms with Crippen molar-refractivity contribution in [3.05, 3.63) is 28.2 Å². The number of hydrogen-bond donors (Lipinski definition) is 1. The molecule has 1 N–H and O–H groups in total. The predicted molar refractivity (Wildman–Crippen MR) is 74.2 cm³/mol. The molecule has 0 saturated carbocycles. The Morgan fingerprint density at radius 1 is 1.37 bits per heavy atom. The van der Waals surface area contributed by atoms with Crippen LogP contribution in [-0.2, 0) is 4.79 Å². The number of halogens is 2. The van der Waals surface area contributed by atoms with Crippen molar-refractivity contribution in [2.45, 2.75) is 18.9 Å². The fraction of sp³-hybridized carbons (Fsp3) is 0.462. The summed E-state index contributed by atoms with van der Waals surface area (Å²) in [5, 5.41) is 10.1. The zero-order valence-corrected chi connectivity index (χ0v) is 11.8. The van der Waals surface area contributed by atoms with Gasteiger partial charge in [0.05, 0.1) is 0 Å². The summed E-state index contributed by atoms with van der Waals surface area (Å²) < 4.78 is 5.55. The highest BCUT2D eigenvalue weighted by Crippen LogP contribution is 2.24. The topological polar surface area (TPSA) is 49.8 Å². The first-order chi connectivity index (χ1) is 9.06. The summed E-state index contributed by atoms with van der Waals surface area (Å²) in [7, 11) is 0. The van der Waals surface area contributed by atoms with Crippen LogP contribution in [0.1, 0.15) is 12.8 Å². The van der Waals surface area contributed by atoms with Crippen LogP contribution in [0.2, 0.25) is 10.0 Å². The lowest BCUT2D eigenvalue weighted by Gasteiger charge is -2.20. The van der Waals surface area contributed by atoms with Crippen molar-refractivity contribution in [3.63, 3.8) is 0 Å². The van der Waals surface area contributed by atoms with Crippen LogP contribution in [0.25, 0.3) is 0 Å². The summed E-state index contributed by atoms with van der Waals surface area (Å²) in [4.78, 5) is 12.9. The van der Waals surface area contributed by atoms with Crippen LogP contribution in [0.5, 0.6) is 5.75 Å². The number of aliphatic carboxylic acids is 1. The molecule has 4 nitrogen and oxygen atoms in total. The number of carboxylic acid groups (broad SMARTS) is 1. The molecule has 6 heteroatoms. The van der Waals surface area contributed by atoms with Crippen molar-refractivity contribution >= 4 is 29.2 Å². The van der Waals surface area contributed by atoms with Crippen molar-refractivity contribution in [2.75, 3.05) is 19.7 Å². The minimum Gasteiger partial charge on any atom is -0.492 e. The molecule has 1 aliphatic rings. The fourth-order valence-corrected chi connectivity index (χ4v) is 2.77. The fourth-order valence-electron chi connectivity index (χ4n) is 2.27. The molecule has 0 unspecified atom stereocenters. The maximum absolute atomic E-state index is 11.0. The van der Waals surface area contributed by atoms with Crippen molar-refractivity contribution in [1.29, 1.82) is 0 Å². The van der Waals surface area contributed by atoms with Gasteiger partial charge in [-0.3, -0.25) is 9.69 Å². The van der Waals surface area contributed by atoms with E-state index < -0.39 is 5.97 Å². The summed E-state index contributed by atoms with van der Waals surface area (Å²) in [5.41, 5.74) is 0. The van der Waals surface area contributed by atoms with Crippen LogP contribution >= 0.6 is 23.2 Å². The summed E-state index contributed by atoms with van der Waals surface area (Å²) >= 11 is 11.7. The second-order valence-corrected chi connectivity index (χ2v) is 5.36. The maximum atomic E-state index is 11.0. The average molecular weight is 304 g/mol. The van der Waals surface area contributed by atoms with Crippen molar-refractivity contribution in [1.82, 2.24) is 4.90 Å². The highest BCUT2D eigenvalue weighted by Gasteiger charge is 2.29. The molecule has 1 saturated heterocycles. The molecule has 0 radical (unpaired) electrons. The summed E-state index contributed by atoms with van der Waals surface area (Å²) in [6.45, 7) is 1.80. The Hall–Kier alpha value is -0.970. The lowest BCUT2D eigenvalue weighted by molar-refractivity contribution is -0.142. The van der Waals surface area contributed by atoms with Crippen molar-refractivity contribution in [3.8, 4) is 5.75 Å². The van der Waals surface area contributed by atoms with Crippen LogP contribution < -0.4 is 4.74 Å². The number of benzene rings is 1. The molecule has 0 amide bonds. The van der Waals surface area contributed by atoms with Gasteiger partial charge in [-0.2, -0.15) is 0 Å². The Morgan fingerprint density at radius 3 is 2.68 bits per heavy atom. The third-order valence-electron chi connectivity index (χ3n) is 3.13. The maximum Gasteiger partial charge on any atom is 0.320 e. The molecule has 0 aliphatic carbocycles. The monoisotopic (exact) mass is 303 g/mol. The number of hydrogen-bond acceptors (Lipinski definition) is 3. The van der Waals surface area contributed by atoms with Gasteiger partial charge in [0.15, 0.2) is 0 Å². The van der Waals surface area contributed by atoms with Crippen LogP contribution in [0.15, 0.2) is 18.2 Å². The van der Waals surface area contributed by atoms with Gasteiger partial charge >= 0.3 is 5.97 Å². The third kappa shape index (κ3) is 4.00. The largest absolute Gasteiger partial charge is 0.492 e. The van der Waals surface area contributed by atoms with Crippen LogP contribution in [0, 0.1) is 0 Å². The zero-order valence-electron chi connectivity index (χ0n) is 10.3. The van der Waals surface area contributed by atoms with Gasteiger partial charge in [-0.05, 0) is 37.6 Å². The van der Waals surface area contributed by atoms with Crippen LogP contribution in [0.4, 0.5) is 0 Å². The van der Waals surface area contributed by atoms with E-state index in [1.807, 2.05) is 4.90 Å². The Bertz CT molecular complexity index is 447. The van der Waals surface area contributed by atoms with E-state index in [4.69, 9.17) is 33.0 Å². The Balaban J connectivity index is 1.84. The molecule has 1 aromatic carbocycles. The third-order valence-corrected chi connectivity index (χ3v) is 3.57. The number of carbonyl (C=O) groups is 1. The smallest absolute Gasteiger partial charge is 0.320 e. The molecule has 1 heterocycles. The first kappa shape index (κ1) is 14.4. The lowest BCUT2D eigenvalue weighted by atomic mass is 10.2. The number of carboxylic acids is 1. The summed E-state index contributed by atoms with van der Waals surface area (Å²) in [5.74, 6) is -0.160. The molecular formula is C13H15Cl2NO3. The van der Waals surface area contributed by atoms with Gasteiger partial charge in [-0.1, -0.05) is 23.2 Å². The van der Waals surface area contributed by atoms with E-state index in [1.54, 1.807) is 18.2 Å². The van der Waals surface area contributed by atoms with E-state index in [9.17, 15) is 4.79 Å². The van der Waals surface area contributed by atoms with E-state index in [0.717, 1.165) is 13.0 Å². The summed E-state index contributed by atoms with van der Waals surface area (Å²) in [6.07, 6.45) is 1.62. The molecule has 0 aromatic heterocycles. The highest BCUT2D eigenvalue weighted by molar-refractivity contribution is 6.34. The summed E-state index contributed by atoms with van der Waals surface area (Å²) in [6, 6.07) is 4.63. The van der Waals surface area contributed by atoms with Gasteiger partial charge in [-0.25, -0.2) is 0 Å². The Labute approximate surface area is 121 Å². The van der Waals surface area contributed by atoms with Gasteiger partial charge in [0.25, 0.3) is 0 Å². The van der Waals surface area contributed by atoms with Gasteiger partial charge in [0, 0.05) is 16.6 Å². The van der Waals surface area contributed by atoms with E-state index >= 15 is 0 Å². The normalized spacial score (nSPS) is 19.6. The molecule has 0 bridgehead atoms. The highest BCUT2D eigenvalue weighted by atomic mass is 35.5. The van der Waals surface area contributed by atoms with Gasteiger partial charge in [-0.15, -0.1) is 0 Å². The molecule has 104 valence electrons. The second-order valence-electron chi connectivity index (χ2n) is 4.49. The average Bonchev–Trinajstić information content (AvgIpc) is 2.76. The number of ether oxygens (including phenoxy) is 1. The minimum absolute atomic E-state index is 0.383. The Kier molecular flexibility index (Phi) is 4.91. The molecule has 1 atom stereocenters. The van der Waals surface area contributed by atoms with E-state index in [2.05, 4.69) is 0 Å². The standard InChI is InChI=1S/C13H15Cl2NO3/c14-9-6-10(15)8-11(7-9)19-5-4-16-3-1-2-12(16)13(17)18/h6-8,12H,1-5H2,(H,17,18)/t12-/m0/s1. The van der Waals surface area contributed by atoms with Crippen molar-refractivity contribution < 1.29 is 14.6 Å². The molecule has 1 fully saturated rings. The predicted octanol–water partition coefficient (Wildman–Crippen LogP) is 2.92. The molecule has 0 spiro atoms. The van der Waals surface area contributed by atoms with Gasteiger partial charge < -0.3 is 9.84 Å². The van der Waals surface area contributed by atoms with Crippen LogP contribution in [0.3, 0.4) is 0 Å². The van der Waals surface area contributed by atoms with E-state index in [0.29, 0.717) is 35.4 Å². The van der Waals surface area contributed by atoms with E-state index in [-0.39, 0.29) is 6.04 Å². The molecule has 2 rings (SSSR count). The van der Waals surface area contributed by atoms with Crippen molar-refractivity contribution in [2.24, 2.45) is 0 Å². The number of likely N-dealkylation sites (tertiary alicyclic amines) is 1. The first-order valence-corrected chi connectivity index (χ1v) is 6.87. The Morgan fingerprint density at radius 2 is 2.05 bits per heavy atom. The number of rotatable bonds is 5. The van der Waals surface area contributed by atoms with Gasteiger partial charge in [0.1, 0.15) is 18.4 Å². The first-order valence-electron chi connectivity index (χ1n) is 6.12.